The molecule has 2 N–H and O–H groups in total. The van der Waals surface area contributed by atoms with Gasteiger partial charge in [0.2, 0.25) is 0 Å². The summed E-state index contributed by atoms with van der Waals surface area (Å²) in [4.78, 5) is 17.5. The van der Waals surface area contributed by atoms with Gasteiger partial charge in [0, 0.05) is 37.5 Å². The lowest BCUT2D eigenvalue weighted by Crippen LogP contribution is -2.51. The standard InChI is InChI=1S/C20H26N4O2/c1-26-20(9-11-21-12-10-20)19(25)22-16-7-5-15(6-8-16)17-14-24-13-3-2-4-18(24)23-17/h5-8,14,21H,2-4,9-13H2,1H3,(H,22,25). The Labute approximate surface area is 154 Å². The number of fused-ring (bicyclic) bond motifs is 1. The van der Waals surface area contributed by atoms with Crippen LogP contribution in [0.2, 0.25) is 0 Å². The van der Waals surface area contributed by atoms with E-state index in [9.17, 15) is 4.79 Å². The summed E-state index contributed by atoms with van der Waals surface area (Å²) in [7, 11) is 1.62. The number of nitrogens with one attached hydrogen (secondary N) is 2. The molecular weight excluding hydrogens is 328 g/mol. The van der Waals surface area contributed by atoms with Crippen LogP contribution in [0, 0.1) is 0 Å². The average molecular weight is 354 g/mol. The molecule has 2 aromatic rings. The van der Waals surface area contributed by atoms with Crippen LogP contribution in [0.3, 0.4) is 0 Å². The fraction of sp³-hybridized carbons (Fsp3) is 0.500. The van der Waals surface area contributed by atoms with Gasteiger partial charge in [-0.3, -0.25) is 4.79 Å². The summed E-state index contributed by atoms with van der Waals surface area (Å²) in [5.74, 6) is 1.11. The van der Waals surface area contributed by atoms with E-state index in [0.29, 0.717) is 12.8 Å². The van der Waals surface area contributed by atoms with Gasteiger partial charge in [0.15, 0.2) is 0 Å². The maximum Gasteiger partial charge on any atom is 0.256 e. The van der Waals surface area contributed by atoms with Gasteiger partial charge >= 0.3 is 0 Å². The van der Waals surface area contributed by atoms with E-state index in [1.807, 2.05) is 24.3 Å². The van der Waals surface area contributed by atoms with E-state index >= 15 is 0 Å². The first-order valence-electron chi connectivity index (χ1n) is 9.44. The van der Waals surface area contributed by atoms with Crippen molar-refractivity contribution >= 4 is 11.6 Å². The van der Waals surface area contributed by atoms with Crippen LogP contribution in [-0.2, 0) is 22.5 Å². The molecule has 1 aromatic heterocycles. The highest BCUT2D eigenvalue weighted by atomic mass is 16.5. The lowest BCUT2D eigenvalue weighted by molar-refractivity contribution is -0.140. The summed E-state index contributed by atoms with van der Waals surface area (Å²) < 4.78 is 7.85. The summed E-state index contributed by atoms with van der Waals surface area (Å²) in [6.45, 7) is 2.65. The summed E-state index contributed by atoms with van der Waals surface area (Å²) in [5.41, 5.74) is 2.14. The van der Waals surface area contributed by atoms with Crippen molar-refractivity contribution < 1.29 is 9.53 Å². The molecule has 0 radical (unpaired) electrons. The van der Waals surface area contributed by atoms with Gasteiger partial charge in [-0.1, -0.05) is 12.1 Å². The van der Waals surface area contributed by atoms with Crippen molar-refractivity contribution in [3.8, 4) is 11.3 Å². The molecule has 1 amide bonds. The number of ether oxygens (including phenoxy) is 1. The third-order valence-electron chi connectivity index (χ3n) is 5.56. The summed E-state index contributed by atoms with van der Waals surface area (Å²) >= 11 is 0. The molecule has 0 aliphatic carbocycles. The lowest BCUT2D eigenvalue weighted by atomic mass is 9.91. The van der Waals surface area contributed by atoms with Gasteiger partial charge in [0.05, 0.1) is 5.69 Å². The maximum atomic E-state index is 12.7. The van der Waals surface area contributed by atoms with Crippen molar-refractivity contribution in [3.63, 3.8) is 0 Å². The molecular formula is C20H26N4O2. The quantitative estimate of drug-likeness (QED) is 0.886. The molecule has 4 rings (SSSR count). The molecule has 26 heavy (non-hydrogen) atoms. The Morgan fingerprint density at radius 3 is 2.69 bits per heavy atom. The summed E-state index contributed by atoms with van der Waals surface area (Å²) in [6, 6.07) is 7.92. The summed E-state index contributed by atoms with van der Waals surface area (Å²) in [6.07, 6.45) is 7.02. The molecule has 0 saturated carbocycles. The lowest BCUT2D eigenvalue weighted by Gasteiger charge is -2.34. The van der Waals surface area contributed by atoms with Crippen molar-refractivity contribution in [1.29, 1.82) is 0 Å². The van der Waals surface area contributed by atoms with E-state index in [2.05, 4.69) is 21.4 Å². The van der Waals surface area contributed by atoms with Crippen molar-refractivity contribution in [1.82, 2.24) is 14.9 Å². The van der Waals surface area contributed by atoms with Crippen LogP contribution in [0.5, 0.6) is 0 Å². The molecule has 6 heteroatoms. The number of anilines is 1. The van der Waals surface area contributed by atoms with Crippen LogP contribution in [0.1, 0.15) is 31.5 Å². The first-order chi connectivity index (χ1) is 12.7. The fourth-order valence-electron chi connectivity index (χ4n) is 3.88. The average Bonchev–Trinajstić information content (AvgIpc) is 3.13. The minimum Gasteiger partial charge on any atom is -0.368 e. The number of carbonyl (C=O) groups excluding carboxylic acids is 1. The third-order valence-corrected chi connectivity index (χ3v) is 5.56. The normalized spacial score (nSPS) is 19.0. The highest BCUT2D eigenvalue weighted by Crippen LogP contribution is 2.27. The second-order valence-corrected chi connectivity index (χ2v) is 7.17. The van der Waals surface area contributed by atoms with Gasteiger partial charge in [0.25, 0.3) is 5.91 Å². The Morgan fingerprint density at radius 2 is 2.00 bits per heavy atom. The Hall–Kier alpha value is -2.18. The zero-order valence-corrected chi connectivity index (χ0v) is 15.3. The third kappa shape index (κ3) is 3.27. The number of piperidine rings is 1. The van der Waals surface area contributed by atoms with E-state index < -0.39 is 5.60 Å². The first kappa shape index (κ1) is 17.2. The SMILES string of the molecule is COC1(C(=O)Nc2ccc(-c3cn4c(n3)CCCC4)cc2)CCNCC1. The summed E-state index contributed by atoms with van der Waals surface area (Å²) in [5, 5.41) is 6.28. The Kier molecular flexibility index (Phi) is 4.78. The largest absolute Gasteiger partial charge is 0.368 e. The number of carbonyl (C=O) groups is 1. The van der Waals surface area contributed by atoms with Crippen LogP contribution in [0.25, 0.3) is 11.3 Å². The smallest absolute Gasteiger partial charge is 0.256 e. The number of amides is 1. The minimum atomic E-state index is -0.729. The second kappa shape index (κ2) is 7.21. The number of nitrogens with zero attached hydrogens (tertiary/aromatic N) is 2. The van der Waals surface area contributed by atoms with Crippen LogP contribution in [0.15, 0.2) is 30.5 Å². The number of methoxy groups -OCH3 is 1. The van der Waals surface area contributed by atoms with Crippen molar-refractivity contribution in [2.75, 3.05) is 25.5 Å². The molecule has 6 nitrogen and oxygen atoms in total. The predicted octanol–water partition coefficient (Wildman–Crippen LogP) is 2.59. The monoisotopic (exact) mass is 354 g/mol. The van der Waals surface area contributed by atoms with E-state index in [-0.39, 0.29) is 5.91 Å². The van der Waals surface area contributed by atoms with Gasteiger partial charge in [-0.2, -0.15) is 0 Å². The van der Waals surface area contributed by atoms with E-state index in [4.69, 9.17) is 9.72 Å². The van der Waals surface area contributed by atoms with Gasteiger partial charge in [-0.05, 0) is 50.9 Å². The van der Waals surface area contributed by atoms with Gasteiger partial charge < -0.3 is 19.9 Å². The van der Waals surface area contributed by atoms with Gasteiger partial charge in [0.1, 0.15) is 11.4 Å². The van der Waals surface area contributed by atoms with E-state index in [1.54, 1.807) is 7.11 Å². The van der Waals surface area contributed by atoms with Crippen LogP contribution >= 0.6 is 0 Å². The molecule has 1 aromatic carbocycles. The Bertz CT molecular complexity index is 752. The Morgan fingerprint density at radius 1 is 1.23 bits per heavy atom. The molecule has 0 unspecified atom stereocenters. The van der Waals surface area contributed by atoms with Crippen molar-refractivity contribution in [3.05, 3.63) is 36.3 Å². The molecule has 1 saturated heterocycles. The van der Waals surface area contributed by atoms with Crippen LogP contribution in [0.4, 0.5) is 5.69 Å². The number of imidazole rings is 1. The number of rotatable bonds is 4. The molecule has 1 fully saturated rings. The van der Waals surface area contributed by atoms with Crippen molar-refractivity contribution in [2.24, 2.45) is 0 Å². The number of aromatic nitrogens is 2. The number of aryl methyl sites for hydroxylation is 2. The Balaban J connectivity index is 1.47. The molecule has 3 heterocycles. The highest BCUT2D eigenvalue weighted by molar-refractivity contribution is 5.97. The van der Waals surface area contributed by atoms with E-state index in [1.165, 1.54) is 18.7 Å². The number of hydrogen-bond acceptors (Lipinski definition) is 4. The fourth-order valence-corrected chi connectivity index (χ4v) is 3.88. The molecule has 0 atom stereocenters. The molecule has 0 bridgehead atoms. The zero-order chi connectivity index (χ0) is 18.0. The minimum absolute atomic E-state index is 0.0632. The van der Waals surface area contributed by atoms with Gasteiger partial charge in [-0.15, -0.1) is 0 Å². The van der Waals surface area contributed by atoms with E-state index in [0.717, 1.165) is 43.0 Å². The molecule has 2 aliphatic heterocycles. The highest BCUT2D eigenvalue weighted by Gasteiger charge is 2.39. The van der Waals surface area contributed by atoms with Crippen LogP contribution in [-0.4, -0.2) is 41.3 Å². The van der Waals surface area contributed by atoms with Gasteiger partial charge in [-0.25, -0.2) is 4.98 Å². The molecule has 138 valence electrons. The maximum absolute atomic E-state index is 12.7. The van der Waals surface area contributed by atoms with Crippen LogP contribution < -0.4 is 10.6 Å². The first-order valence-corrected chi connectivity index (χ1v) is 9.44. The second-order valence-electron chi connectivity index (χ2n) is 7.17. The molecule has 0 spiro atoms. The predicted molar refractivity (Wildman–Crippen MR) is 101 cm³/mol. The number of hydrogen-bond donors (Lipinski definition) is 2. The zero-order valence-electron chi connectivity index (χ0n) is 15.3. The number of benzene rings is 1. The topological polar surface area (TPSA) is 68.2 Å². The molecule has 2 aliphatic rings. The van der Waals surface area contributed by atoms with Crippen molar-refractivity contribution in [2.45, 2.75) is 44.2 Å².